The van der Waals surface area contributed by atoms with E-state index in [0.717, 1.165) is 18.5 Å². The van der Waals surface area contributed by atoms with Crippen LogP contribution in [0.5, 0.6) is 5.75 Å². The fourth-order valence-electron chi connectivity index (χ4n) is 2.09. The average molecular weight is 256 g/mol. The first-order valence-electron chi connectivity index (χ1n) is 6.55. The molecule has 2 rings (SSSR count). The highest BCUT2D eigenvalue weighted by Gasteiger charge is 2.11. The van der Waals surface area contributed by atoms with E-state index >= 15 is 0 Å². The van der Waals surface area contributed by atoms with E-state index in [4.69, 9.17) is 0 Å². The molecule has 1 aromatic heterocycles. The number of aromatic nitrogens is 1. The van der Waals surface area contributed by atoms with E-state index in [1.165, 1.54) is 5.56 Å². The topological polar surface area (TPSA) is 36.4 Å². The van der Waals surface area contributed by atoms with Crippen LogP contribution in [-0.4, -0.2) is 28.6 Å². The summed E-state index contributed by atoms with van der Waals surface area (Å²) < 4.78 is 0. The van der Waals surface area contributed by atoms with E-state index < -0.39 is 0 Å². The SMILES string of the molecule is C[C@H](c1cccc(O)c1)N(C)CCc1ccncc1. The molecule has 0 aliphatic rings. The lowest BCUT2D eigenvalue weighted by Crippen LogP contribution is -2.24. The molecule has 0 saturated heterocycles. The number of benzene rings is 1. The third kappa shape index (κ3) is 3.80. The van der Waals surface area contributed by atoms with Gasteiger partial charge in [-0.25, -0.2) is 0 Å². The van der Waals surface area contributed by atoms with Gasteiger partial charge < -0.3 is 5.11 Å². The molecule has 0 bridgehead atoms. The third-order valence-corrected chi connectivity index (χ3v) is 3.52. The zero-order valence-corrected chi connectivity index (χ0v) is 11.5. The molecule has 19 heavy (non-hydrogen) atoms. The van der Waals surface area contributed by atoms with Gasteiger partial charge in [0.15, 0.2) is 0 Å². The van der Waals surface area contributed by atoms with E-state index in [0.29, 0.717) is 5.75 Å². The molecule has 0 aliphatic heterocycles. The second-order valence-corrected chi connectivity index (χ2v) is 4.86. The van der Waals surface area contributed by atoms with Crippen LogP contribution in [0, 0.1) is 0 Å². The van der Waals surface area contributed by atoms with Gasteiger partial charge in [0, 0.05) is 25.0 Å². The molecule has 1 heterocycles. The third-order valence-electron chi connectivity index (χ3n) is 3.52. The van der Waals surface area contributed by atoms with Crippen LogP contribution in [0.1, 0.15) is 24.1 Å². The maximum absolute atomic E-state index is 9.53. The predicted octanol–water partition coefficient (Wildman–Crippen LogP) is 3.02. The molecular weight excluding hydrogens is 236 g/mol. The number of rotatable bonds is 5. The number of aromatic hydroxyl groups is 1. The van der Waals surface area contributed by atoms with Crippen LogP contribution in [-0.2, 0) is 6.42 Å². The van der Waals surface area contributed by atoms with Crippen molar-refractivity contribution < 1.29 is 5.11 Å². The molecule has 1 N–H and O–H groups in total. The Labute approximate surface area is 114 Å². The van der Waals surface area contributed by atoms with Crippen molar-refractivity contribution in [2.24, 2.45) is 0 Å². The molecule has 0 fully saturated rings. The Morgan fingerprint density at radius 3 is 2.63 bits per heavy atom. The van der Waals surface area contributed by atoms with Gasteiger partial charge >= 0.3 is 0 Å². The van der Waals surface area contributed by atoms with Gasteiger partial charge in [-0.1, -0.05) is 12.1 Å². The number of pyridine rings is 1. The molecule has 0 saturated carbocycles. The van der Waals surface area contributed by atoms with Crippen LogP contribution in [0.4, 0.5) is 0 Å². The van der Waals surface area contributed by atoms with Crippen molar-refractivity contribution in [2.75, 3.05) is 13.6 Å². The summed E-state index contributed by atoms with van der Waals surface area (Å²) in [4.78, 5) is 6.31. The Hall–Kier alpha value is -1.87. The molecule has 2 aromatic rings. The summed E-state index contributed by atoms with van der Waals surface area (Å²) in [5.74, 6) is 0.326. The molecule has 1 atom stereocenters. The molecule has 100 valence electrons. The van der Waals surface area contributed by atoms with Crippen LogP contribution in [0.2, 0.25) is 0 Å². The lowest BCUT2D eigenvalue weighted by atomic mass is 10.1. The Morgan fingerprint density at radius 1 is 1.21 bits per heavy atom. The zero-order valence-electron chi connectivity index (χ0n) is 11.5. The summed E-state index contributed by atoms with van der Waals surface area (Å²) in [6.45, 7) is 3.13. The minimum absolute atomic E-state index is 0.286. The number of likely N-dealkylation sites (N-methyl/N-ethyl adjacent to an activating group) is 1. The van der Waals surface area contributed by atoms with Crippen molar-refractivity contribution in [1.29, 1.82) is 0 Å². The maximum atomic E-state index is 9.53. The van der Waals surface area contributed by atoms with Gasteiger partial charge in [0.25, 0.3) is 0 Å². The Kier molecular flexibility index (Phi) is 4.53. The summed E-state index contributed by atoms with van der Waals surface area (Å²) in [6.07, 6.45) is 4.66. The molecule has 3 nitrogen and oxygen atoms in total. The maximum Gasteiger partial charge on any atom is 0.115 e. The molecule has 0 aliphatic carbocycles. The van der Waals surface area contributed by atoms with Crippen molar-refractivity contribution in [3.8, 4) is 5.75 Å². The fourth-order valence-corrected chi connectivity index (χ4v) is 2.09. The second-order valence-electron chi connectivity index (χ2n) is 4.86. The van der Waals surface area contributed by atoms with Crippen LogP contribution in [0.15, 0.2) is 48.8 Å². The molecule has 0 amide bonds. The first kappa shape index (κ1) is 13.6. The minimum atomic E-state index is 0.286. The van der Waals surface area contributed by atoms with E-state index in [9.17, 15) is 5.11 Å². The summed E-state index contributed by atoms with van der Waals surface area (Å²) in [5.41, 5.74) is 2.43. The first-order valence-corrected chi connectivity index (χ1v) is 6.55. The average Bonchev–Trinajstić information content (AvgIpc) is 2.45. The standard InChI is InChI=1S/C16H20N2O/c1-13(15-4-3-5-16(19)12-15)18(2)11-8-14-6-9-17-10-7-14/h3-7,9-10,12-13,19H,8,11H2,1-2H3/t13-/m1/s1. The largest absolute Gasteiger partial charge is 0.508 e. The summed E-state index contributed by atoms with van der Waals surface area (Å²) in [7, 11) is 2.11. The smallest absolute Gasteiger partial charge is 0.115 e. The molecular formula is C16H20N2O. The number of nitrogens with zero attached hydrogens (tertiary/aromatic N) is 2. The van der Waals surface area contributed by atoms with Gasteiger partial charge in [0.1, 0.15) is 5.75 Å². The summed E-state index contributed by atoms with van der Waals surface area (Å²) in [6, 6.07) is 11.8. The second kappa shape index (κ2) is 6.34. The van der Waals surface area contributed by atoms with Crippen molar-refractivity contribution in [3.63, 3.8) is 0 Å². The van der Waals surface area contributed by atoms with Gasteiger partial charge in [-0.2, -0.15) is 0 Å². The van der Waals surface area contributed by atoms with Gasteiger partial charge in [-0.3, -0.25) is 9.88 Å². The highest BCUT2D eigenvalue weighted by molar-refractivity contribution is 5.29. The predicted molar refractivity (Wildman–Crippen MR) is 77.1 cm³/mol. The minimum Gasteiger partial charge on any atom is -0.508 e. The molecule has 3 heteroatoms. The molecule has 1 aromatic carbocycles. The quantitative estimate of drug-likeness (QED) is 0.893. The number of hydrogen-bond donors (Lipinski definition) is 1. The number of hydrogen-bond acceptors (Lipinski definition) is 3. The van der Waals surface area contributed by atoms with Gasteiger partial charge in [0.2, 0.25) is 0 Å². The van der Waals surface area contributed by atoms with E-state index in [-0.39, 0.29) is 6.04 Å². The van der Waals surface area contributed by atoms with E-state index in [2.05, 4.69) is 23.9 Å². The lowest BCUT2D eigenvalue weighted by Gasteiger charge is -2.25. The Balaban J connectivity index is 1.94. The van der Waals surface area contributed by atoms with Crippen LogP contribution < -0.4 is 0 Å². The Bertz CT molecular complexity index is 513. The van der Waals surface area contributed by atoms with Crippen LogP contribution in [0.3, 0.4) is 0 Å². The first-order chi connectivity index (χ1) is 9.16. The normalized spacial score (nSPS) is 12.6. The van der Waals surface area contributed by atoms with Gasteiger partial charge in [0.05, 0.1) is 0 Å². The molecule has 0 unspecified atom stereocenters. The number of phenolic OH excluding ortho intramolecular Hbond substituents is 1. The lowest BCUT2D eigenvalue weighted by molar-refractivity contribution is 0.264. The zero-order chi connectivity index (χ0) is 13.7. The highest BCUT2D eigenvalue weighted by Crippen LogP contribution is 2.22. The van der Waals surface area contributed by atoms with Gasteiger partial charge in [-0.15, -0.1) is 0 Å². The van der Waals surface area contributed by atoms with Crippen molar-refractivity contribution in [1.82, 2.24) is 9.88 Å². The number of phenols is 1. The van der Waals surface area contributed by atoms with E-state index in [1.54, 1.807) is 6.07 Å². The molecule has 0 spiro atoms. The van der Waals surface area contributed by atoms with Crippen molar-refractivity contribution in [3.05, 3.63) is 59.9 Å². The monoisotopic (exact) mass is 256 g/mol. The fraction of sp³-hybridized carbons (Fsp3) is 0.312. The van der Waals surface area contributed by atoms with Crippen molar-refractivity contribution in [2.45, 2.75) is 19.4 Å². The highest BCUT2D eigenvalue weighted by atomic mass is 16.3. The Morgan fingerprint density at radius 2 is 1.95 bits per heavy atom. The van der Waals surface area contributed by atoms with Gasteiger partial charge in [-0.05, 0) is 55.8 Å². The summed E-state index contributed by atoms with van der Waals surface area (Å²) >= 11 is 0. The molecule has 0 radical (unpaired) electrons. The van der Waals surface area contributed by atoms with Crippen LogP contribution >= 0.6 is 0 Å². The van der Waals surface area contributed by atoms with Crippen LogP contribution in [0.25, 0.3) is 0 Å². The van der Waals surface area contributed by atoms with Crippen molar-refractivity contribution >= 4 is 0 Å². The summed E-state index contributed by atoms with van der Waals surface area (Å²) in [5, 5.41) is 9.53. The van der Waals surface area contributed by atoms with E-state index in [1.807, 2.05) is 42.7 Å².